The highest BCUT2D eigenvalue weighted by Gasteiger charge is 2.42. The molecule has 1 amide bonds. The van der Waals surface area contributed by atoms with Gasteiger partial charge in [-0.05, 0) is 19.3 Å². The van der Waals surface area contributed by atoms with Crippen LogP contribution < -0.4 is 5.76 Å². The van der Waals surface area contributed by atoms with Crippen LogP contribution in [0.15, 0.2) is 9.21 Å². The molecule has 1 aromatic rings. The Morgan fingerprint density at radius 3 is 2.42 bits per heavy atom. The Hall–Kier alpha value is -1.59. The van der Waals surface area contributed by atoms with E-state index in [0.29, 0.717) is 18.4 Å². The maximum Gasteiger partial charge on any atom is 0.437 e. The van der Waals surface area contributed by atoms with E-state index in [2.05, 4.69) is 5.10 Å². The van der Waals surface area contributed by atoms with Gasteiger partial charge < -0.3 is 9.32 Å². The van der Waals surface area contributed by atoms with Crippen LogP contribution in [0.5, 0.6) is 0 Å². The topological polar surface area (TPSA) is 68.3 Å². The molecule has 6 heteroatoms. The summed E-state index contributed by atoms with van der Waals surface area (Å²) in [6.45, 7) is 6.50. The molecule has 1 atom stereocenters. The van der Waals surface area contributed by atoms with Gasteiger partial charge in [0.25, 0.3) is 0 Å². The van der Waals surface area contributed by atoms with E-state index in [-0.39, 0.29) is 11.3 Å². The first-order chi connectivity index (χ1) is 8.88. The Morgan fingerprint density at radius 2 is 1.89 bits per heavy atom. The number of carbonyl (C=O) groups excluding carboxylic acids is 1. The highest BCUT2D eigenvalue weighted by atomic mass is 16.4. The maximum absolute atomic E-state index is 12.3. The summed E-state index contributed by atoms with van der Waals surface area (Å²) < 4.78 is 6.40. The summed E-state index contributed by atoms with van der Waals surface area (Å²) in [7, 11) is 0. The Morgan fingerprint density at radius 1 is 1.21 bits per heavy atom. The summed E-state index contributed by atoms with van der Waals surface area (Å²) in [6, 6.07) is -0.0878. The molecule has 2 heterocycles. The summed E-state index contributed by atoms with van der Waals surface area (Å²) in [5.74, 6) is -0.130. The molecule has 0 spiro atoms. The molecule has 0 N–H and O–H groups in total. The predicted molar refractivity (Wildman–Crippen MR) is 67.9 cm³/mol. The monoisotopic (exact) mass is 265 g/mol. The minimum atomic E-state index is -0.527. The summed E-state index contributed by atoms with van der Waals surface area (Å²) >= 11 is 0. The van der Waals surface area contributed by atoms with Crippen LogP contribution in [0.2, 0.25) is 0 Å². The van der Waals surface area contributed by atoms with Crippen LogP contribution in [0.4, 0.5) is 0 Å². The lowest BCUT2D eigenvalue weighted by Crippen LogP contribution is -2.33. The zero-order chi connectivity index (χ0) is 13.8. The second-order valence-electron chi connectivity index (χ2n) is 6.43. The van der Waals surface area contributed by atoms with E-state index in [1.165, 1.54) is 4.68 Å². The lowest BCUT2D eigenvalue weighted by Gasteiger charge is -2.15. The van der Waals surface area contributed by atoms with Crippen molar-refractivity contribution in [2.24, 2.45) is 0 Å². The van der Waals surface area contributed by atoms with Gasteiger partial charge in [-0.1, -0.05) is 20.8 Å². The highest BCUT2D eigenvalue weighted by Crippen LogP contribution is 2.34. The van der Waals surface area contributed by atoms with Crippen molar-refractivity contribution in [2.75, 3.05) is 6.54 Å². The van der Waals surface area contributed by atoms with Gasteiger partial charge in [-0.25, -0.2) is 4.79 Å². The third kappa shape index (κ3) is 2.09. The van der Waals surface area contributed by atoms with Gasteiger partial charge in [-0.2, -0.15) is 4.68 Å². The largest absolute Gasteiger partial charge is 0.437 e. The van der Waals surface area contributed by atoms with E-state index in [1.807, 2.05) is 25.7 Å². The SMILES string of the molecule is CC(C)(C)c1nn([C@H]2CCN(C3CC3)C2=O)c(=O)o1. The number of amides is 1. The predicted octanol–water partition coefficient (Wildman–Crippen LogP) is 1.07. The molecular weight excluding hydrogens is 246 g/mol. The van der Waals surface area contributed by atoms with Crippen LogP contribution in [-0.4, -0.2) is 33.2 Å². The first kappa shape index (κ1) is 12.4. The fourth-order valence-electron chi connectivity index (χ4n) is 2.45. The van der Waals surface area contributed by atoms with Crippen molar-refractivity contribution in [1.82, 2.24) is 14.7 Å². The average molecular weight is 265 g/mol. The van der Waals surface area contributed by atoms with Crippen LogP contribution in [0, 0.1) is 0 Å². The maximum atomic E-state index is 12.3. The summed E-state index contributed by atoms with van der Waals surface area (Å²) in [4.78, 5) is 26.0. The van der Waals surface area contributed by atoms with Crippen molar-refractivity contribution in [2.45, 2.75) is 57.5 Å². The van der Waals surface area contributed by atoms with E-state index in [1.54, 1.807) is 0 Å². The first-order valence-corrected chi connectivity index (χ1v) is 6.78. The number of nitrogens with zero attached hydrogens (tertiary/aromatic N) is 3. The van der Waals surface area contributed by atoms with Gasteiger partial charge in [0, 0.05) is 18.0 Å². The number of hydrogen-bond acceptors (Lipinski definition) is 4. The van der Waals surface area contributed by atoms with Gasteiger partial charge in [-0.15, -0.1) is 5.10 Å². The lowest BCUT2D eigenvalue weighted by molar-refractivity contribution is -0.131. The molecule has 19 heavy (non-hydrogen) atoms. The summed E-state index contributed by atoms with van der Waals surface area (Å²) in [6.07, 6.45) is 2.81. The second kappa shape index (κ2) is 3.95. The standard InChI is InChI=1S/C13H19N3O3/c1-13(2,3)11-14-16(12(18)19-11)9-6-7-15(10(9)17)8-4-5-8/h8-9H,4-7H2,1-3H3/t9-/m0/s1. The van der Waals surface area contributed by atoms with Gasteiger partial charge in [0.05, 0.1) is 0 Å². The second-order valence-corrected chi connectivity index (χ2v) is 6.43. The molecule has 6 nitrogen and oxygen atoms in total. The third-order valence-corrected chi connectivity index (χ3v) is 3.71. The van der Waals surface area contributed by atoms with Crippen molar-refractivity contribution in [3.63, 3.8) is 0 Å². The average Bonchev–Trinajstić information content (AvgIpc) is 2.97. The number of likely N-dealkylation sites (tertiary alicyclic amines) is 1. The van der Waals surface area contributed by atoms with Crippen molar-refractivity contribution in [3.05, 3.63) is 16.4 Å². The Labute approximate surface area is 111 Å². The normalized spacial score (nSPS) is 24.3. The molecule has 2 fully saturated rings. The van der Waals surface area contributed by atoms with Crippen LogP contribution >= 0.6 is 0 Å². The molecule has 1 aromatic heterocycles. The number of carbonyl (C=O) groups is 1. The van der Waals surface area contributed by atoms with Gasteiger partial charge in [-0.3, -0.25) is 4.79 Å². The molecule has 1 saturated carbocycles. The third-order valence-electron chi connectivity index (χ3n) is 3.71. The minimum Gasteiger partial charge on any atom is -0.392 e. The molecule has 3 rings (SSSR count). The quantitative estimate of drug-likeness (QED) is 0.802. The van der Waals surface area contributed by atoms with Crippen molar-refractivity contribution >= 4 is 5.91 Å². The van der Waals surface area contributed by atoms with Crippen molar-refractivity contribution in [3.8, 4) is 0 Å². The molecule has 104 valence electrons. The van der Waals surface area contributed by atoms with Gasteiger partial charge in [0.1, 0.15) is 6.04 Å². The molecule has 1 aliphatic carbocycles. The zero-order valence-corrected chi connectivity index (χ0v) is 11.5. The van der Waals surface area contributed by atoms with Gasteiger partial charge in [0.15, 0.2) is 0 Å². The first-order valence-electron chi connectivity index (χ1n) is 6.78. The number of aromatic nitrogens is 2. The Kier molecular flexibility index (Phi) is 2.59. The van der Waals surface area contributed by atoms with E-state index in [9.17, 15) is 9.59 Å². The van der Waals surface area contributed by atoms with E-state index < -0.39 is 11.8 Å². The Bertz CT molecular complexity index is 562. The van der Waals surface area contributed by atoms with Crippen molar-refractivity contribution in [1.29, 1.82) is 0 Å². The van der Waals surface area contributed by atoms with Crippen molar-refractivity contribution < 1.29 is 9.21 Å². The van der Waals surface area contributed by atoms with E-state index >= 15 is 0 Å². The molecular formula is C13H19N3O3. The fraction of sp³-hybridized carbons (Fsp3) is 0.769. The zero-order valence-electron chi connectivity index (χ0n) is 11.5. The lowest BCUT2D eigenvalue weighted by atomic mass is 9.97. The molecule has 1 aliphatic heterocycles. The molecule has 0 aromatic carbocycles. The van der Waals surface area contributed by atoms with E-state index in [0.717, 1.165) is 19.4 Å². The minimum absolute atomic E-state index is 0.0124. The van der Waals surface area contributed by atoms with Crippen LogP contribution in [0.1, 0.15) is 52.0 Å². The molecule has 2 aliphatic rings. The van der Waals surface area contributed by atoms with E-state index in [4.69, 9.17) is 4.42 Å². The number of hydrogen-bond donors (Lipinski definition) is 0. The molecule has 0 bridgehead atoms. The fourth-order valence-corrected chi connectivity index (χ4v) is 2.45. The summed E-state index contributed by atoms with van der Waals surface area (Å²) in [5.41, 5.74) is -0.331. The summed E-state index contributed by atoms with van der Waals surface area (Å²) in [5, 5.41) is 4.22. The van der Waals surface area contributed by atoms with Gasteiger partial charge >= 0.3 is 5.76 Å². The molecule has 0 unspecified atom stereocenters. The van der Waals surface area contributed by atoms with Gasteiger partial charge in [0.2, 0.25) is 11.8 Å². The van der Waals surface area contributed by atoms with Crippen LogP contribution in [0.3, 0.4) is 0 Å². The molecule has 1 saturated heterocycles. The number of rotatable bonds is 2. The highest BCUT2D eigenvalue weighted by molar-refractivity contribution is 5.83. The smallest absolute Gasteiger partial charge is 0.392 e. The van der Waals surface area contributed by atoms with Crippen LogP contribution in [-0.2, 0) is 10.2 Å². The Balaban J connectivity index is 1.89. The van der Waals surface area contributed by atoms with Crippen LogP contribution in [0.25, 0.3) is 0 Å². The molecule has 0 radical (unpaired) electrons.